The number of carbonyl (C=O) groups excluding carboxylic acids is 1. The van der Waals surface area contributed by atoms with Crippen LogP contribution in [-0.4, -0.2) is 33.3 Å². The third kappa shape index (κ3) is 2.50. The summed E-state index contributed by atoms with van der Waals surface area (Å²) in [6.07, 6.45) is 1.62. The molecule has 0 saturated heterocycles. The van der Waals surface area contributed by atoms with Gasteiger partial charge in [-0.15, -0.1) is 0 Å². The van der Waals surface area contributed by atoms with E-state index in [1.807, 2.05) is 0 Å². The van der Waals surface area contributed by atoms with Crippen molar-refractivity contribution in [3.63, 3.8) is 0 Å². The number of hydrogen-bond acceptors (Lipinski definition) is 4. The molecule has 2 N–H and O–H groups in total. The Hall–Kier alpha value is -1.50. The molecular weight excluding hydrogens is 214 g/mol. The van der Waals surface area contributed by atoms with Crippen LogP contribution in [0.5, 0.6) is 0 Å². The van der Waals surface area contributed by atoms with Crippen LogP contribution in [0.4, 0.5) is 10.6 Å². The first-order chi connectivity index (χ1) is 7.25. The maximum Gasteiger partial charge on any atom is 0.326 e. The van der Waals surface area contributed by atoms with Gasteiger partial charge < -0.3 is 0 Å². The zero-order valence-electron chi connectivity index (χ0n) is 8.23. The summed E-state index contributed by atoms with van der Waals surface area (Å²) in [6, 6.07) is 1.44. The normalized spacial score (nSPS) is 14.9. The van der Waals surface area contributed by atoms with Crippen LogP contribution in [0.15, 0.2) is 17.3 Å². The van der Waals surface area contributed by atoms with Crippen molar-refractivity contribution in [1.82, 2.24) is 15.1 Å². The highest BCUT2D eigenvalue weighted by Gasteiger charge is 2.11. The summed E-state index contributed by atoms with van der Waals surface area (Å²) in [7, 11) is 1.76. The second-order valence-corrected chi connectivity index (χ2v) is 4.04. The maximum atomic E-state index is 11.5. The van der Waals surface area contributed by atoms with Gasteiger partial charge in [0.25, 0.3) is 0 Å². The topological polar surface area (TPSA) is 71.3 Å². The van der Waals surface area contributed by atoms with E-state index in [4.69, 9.17) is 0 Å². The average molecular weight is 225 g/mol. The molecule has 0 fully saturated rings. The third-order valence-electron chi connectivity index (χ3n) is 1.87. The van der Waals surface area contributed by atoms with Crippen LogP contribution in [0.2, 0.25) is 0 Å². The van der Waals surface area contributed by atoms with E-state index in [0.29, 0.717) is 11.0 Å². The Labute approximate surface area is 91.1 Å². The predicted octanol–water partition coefficient (Wildman–Crippen LogP) is 0.644. The first-order valence-electron chi connectivity index (χ1n) is 4.49. The van der Waals surface area contributed by atoms with Crippen LogP contribution in [0.25, 0.3) is 0 Å². The van der Waals surface area contributed by atoms with E-state index in [1.165, 1.54) is 0 Å². The van der Waals surface area contributed by atoms with Crippen LogP contribution in [0, 0.1) is 0 Å². The minimum absolute atomic E-state index is 0.285. The first kappa shape index (κ1) is 10.0. The molecule has 1 aliphatic rings. The molecule has 0 unspecified atom stereocenters. The fourth-order valence-electron chi connectivity index (χ4n) is 1.15. The molecular formula is C8H11N5OS. The second-order valence-electron chi connectivity index (χ2n) is 2.95. The largest absolute Gasteiger partial charge is 0.326 e. The lowest BCUT2D eigenvalue weighted by atomic mass is 10.6. The molecule has 2 heterocycles. The summed E-state index contributed by atoms with van der Waals surface area (Å²) in [5.41, 5.74) is 0. The quantitative estimate of drug-likeness (QED) is 0.737. The highest BCUT2D eigenvalue weighted by atomic mass is 32.2. The van der Waals surface area contributed by atoms with E-state index in [1.54, 1.807) is 35.8 Å². The molecule has 80 valence electrons. The molecule has 0 radical (unpaired) electrons. The lowest BCUT2D eigenvalue weighted by Gasteiger charge is -2.06. The molecule has 2 amide bonds. The minimum atomic E-state index is -0.285. The van der Waals surface area contributed by atoms with E-state index in [2.05, 4.69) is 20.7 Å². The van der Waals surface area contributed by atoms with Crippen LogP contribution < -0.4 is 10.6 Å². The van der Waals surface area contributed by atoms with Gasteiger partial charge in [-0.2, -0.15) is 5.10 Å². The van der Waals surface area contributed by atoms with Crippen molar-refractivity contribution in [2.75, 3.05) is 17.6 Å². The van der Waals surface area contributed by atoms with Crippen molar-refractivity contribution in [2.24, 2.45) is 12.0 Å². The number of amidine groups is 1. The zero-order chi connectivity index (χ0) is 10.7. The second kappa shape index (κ2) is 4.35. The maximum absolute atomic E-state index is 11.5. The fourth-order valence-corrected chi connectivity index (χ4v) is 1.88. The number of aromatic nitrogens is 2. The summed E-state index contributed by atoms with van der Waals surface area (Å²) in [6.45, 7) is 0.770. The Morgan fingerprint density at radius 3 is 3.07 bits per heavy atom. The van der Waals surface area contributed by atoms with E-state index < -0.39 is 0 Å². The average Bonchev–Trinajstić information content (AvgIpc) is 2.79. The Kier molecular flexibility index (Phi) is 2.91. The zero-order valence-corrected chi connectivity index (χ0v) is 9.04. The Morgan fingerprint density at radius 2 is 2.47 bits per heavy atom. The molecule has 0 bridgehead atoms. The summed E-state index contributed by atoms with van der Waals surface area (Å²) in [5, 5.41) is 9.96. The van der Waals surface area contributed by atoms with Crippen molar-refractivity contribution in [3.8, 4) is 0 Å². The molecule has 1 aromatic heterocycles. The van der Waals surface area contributed by atoms with Gasteiger partial charge in [0.1, 0.15) is 5.82 Å². The molecule has 0 atom stereocenters. The number of rotatable bonds is 1. The molecule has 0 aliphatic carbocycles. The number of nitrogens with zero attached hydrogens (tertiary/aromatic N) is 3. The number of aryl methyl sites for hydroxylation is 1. The number of thioether (sulfide) groups is 1. The van der Waals surface area contributed by atoms with Crippen LogP contribution in [0.3, 0.4) is 0 Å². The Morgan fingerprint density at radius 1 is 1.60 bits per heavy atom. The molecule has 1 aromatic rings. The van der Waals surface area contributed by atoms with Crippen LogP contribution in [-0.2, 0) is 7.05 Å². The predicted molar refractivity (Wildman–Crippen MR) is 60.1 cm³/mol. The number of nitrogens with one attached hydrogen (secondary N) is 2. The first-order valence-corrected chi connectivity index (χ1v) is 5.47. The summed E-state index contributed by atoms with van der Waals surface area (Å²) in [4.78, 5) is 15.6. The lowest BCUT2D eigenvalue weighted by molar-refractivity contribution is 0.256. The minimum Gasteiger partial charge on any atom is -0.292 e. The number of amides is 2. The highest BCUT2D eigenvalue weighted by Crippen LogP contribution is 2.09. The van der Waals surface area contributed by atoms with E-state index >= 15 is 0 Å². The van der Waals surface area contributed by atoms with Gasteiger partial charge in [0.15, 0.2) is 5.17 Å². The van der Waals surface area contributed by atoms with Gasteiger partial charge in [-0.3, -0.25) is 20.3 Å². The van der Waals surface area contributed by atoms with E-state index in [-0.39, 0.29) is 6.03 Å². The van der Waals surface area contributed by atoms with Crippen molar-refractivity contribution in [2.45, 2.75) is 0 Å². The smallest absolute Gasteiger partial charge is 0.292 e. The number of urea groups is 1. The molecule has 6 nitrogen and oxygen atoms in total. The Bertz CT molecular complexity index is 399. The van der Waals surface area contributed by atoms with Gasteiger partial charge in [0.05, 0.1) is 12.7 Å². The van der Waals surface area contributed by atoms with Crippen LogP contribution in [0.1, 0.15) is 0 Å². The molecule has 1 aliphatic heterocycles. The van der Waals surface area contributed by atoms with Crippen molar-refractivity contribution in [1.29, 1.82) is 0 Å². The SMILES string of the molecule is Cn1nccc1NC(=O)NC1=NCCS1. The van der Waals surface area contributed by atoms with Gasteiger partial charge in [-0.05, 0) is 0 Å². The van der Waals surface area contributed by atoms with Gasteiger partial charge in [-0.25, -0.2) is 4.79 Å². The standard InChI is InChI=1S/C8H11N5OS/c1-13-6(2-3-10-13)11-7(14)12-8-9-4-5-15-8/h2-3H,4-5H2,1H3,(H2,9,11,12,14). The molecule has 0 saturated carbocycles. The summed E-state index contributed by atoms with van der Waals surface area (Å²) < 4.78 is 1.59. The van der Waals surface area contributed by atoms with E-state index in [9.17, 15) is 4.79 Å². The monoisotopic (exact) mass is 225 g/mol. The van der Waals surface area contributed by atoms with Crippen molar-refractivity contribution >= 4 is 28.8 Å². The number of hydrogen-bond donors (Lipinski definition) is 2. The number of anilines is 1. The third-order valence-corrected chi connectivity index (χ3v) is 2.76. The van der Waals surface area contributed by atoms with Gasteiger partial charge in [0.2, 0.25) is 0 Å². The van der Waals surface area contributed by atoms with Gasteiger partial charge in [-0.1, -0.05) is 11.8 Å². The van der Waals surface area contributed by atoms with Gasteiger partial charge in [0, 0.05) is 18.9 Å². The molecule has 0 aromatic carbocycles. The van der Waals surface area contributed by atoms with E-state index in [0.717, 1.165) is 12.3 Å². The van der Waals surface area contributed by atoms with Crippen molar-refractivity contribution in [3.05, 3.63) is 12.3 Å². The number of aliphatic imine (C=N–C) groups is 1. The lowest BCUT2D eigenvalue weighted by Crippen LogP contribution is -2.32. The summed E-state index contributed by atoms with van der Waals surface area (Å²) in [5.74, 6) is 1.58. The summed E-state index contributed by atoms with van der Waals surface area (Å²) >= 11 is 1.54. The molecule has 2 rings (SSSR count). The fraction of sp³-hybridized carbons (Fsp3) is 0.375. The van der Waals surface area contributed by atoms with Gasteiger partial charge >= 0.3 is 6.03 Å². The molecule has 7 heteroatoms. The Balaban J connectivity index is 1.90. The van der Waals surface area contributed by atoms with Crippen molar-refractivity contribution < 1.29 is 4.79 Å². The van der Waals surface area contributed by atoms with Crippen LogP contribution >= 0.6 is 11.8 Å². The molecule has 0 spiro atoms. The number of carbonyl (C=O) groups is 1. The molecule has 15 heavy (non-hydrogen) atoms. The highest BCUT2D eigenvalue weighted by molar-refractivity contribution is 8.14.